The van der Waals surface area contributed by atoms with Crippen LogP contribution in [0.25, 0.3) is 0 Å². The monoisotopic (exact) mass is 1010 g/mol. The van der Waals surface area contributed by atoms with Gasteiger partial charge in [-0.1, -0.05) is 85.6 Å². The molecule has 1 aromatic rings. The number of aliphatic hydroxyl groups excluding tert-OH is 5. The van der Waals surface area contributed by atoms with Crippen LogP contribution in [0, 0.1) is 69.0 Å². The fourth-order valence-electron chi connectivity index (χ4n) is 17.8. The van der Waals surface area contributed by atoms with Gasteiger partial charge in [-0.05, 0) is 155 Å². The number of nitrogens with two attached hydrogens (primary N) is 1. The molecule has 15 unspecified atom stereocenters. The van der Waals surface area contributed by atoms with E-state index in [0.717, 1.165) is 57.1 Å². The lowest BCUT2D eigenvalue weighted by Crippen LogP contribution is -2.70. The largest absolute Gasteiger partial charge is 0.396 e. The molecule has 392 valence electrons. The van der Waals surface area contributed by atoms with Gasteiger partial charge in [-0.3, -0.25) is 9.79 Å². The Kier molecular flexibility index (Phi) is 15.9. The van der Waals surface area contributed by atoms with E-state index in [1.165, 1.54) is 49.7 Å². The lowest BCUT2D eigenvalue weighted by atomic mass is 9.37. The molecule has 2 heterocycles. The van der Waals surface area contributed by atoms with Crippen LogP contribution in [0.1, 0.15) is 149 Å². The van der Waals surface area contributed by atoms with Gasteiger partial charge in [0.05, 0.1) is 36.8 Å². The average Bonchev–Trinajstić information content (AvgIpc) is 4.09. The second-order valence-corrected chi connectivity index (χ2v) is 27.3. The third kappa shape index (κ3) is 9.23. The molecule has 15 atom stereocenters. The van der Waals surface area contributed by atoms with Crippen LogP contribution in [0.5, 0.6) is 0 Å². The Labute approximate surface area is 426 Å². The lowest BCUT2D eigenvalue weighted by molar-refractivity contribution is -0.210. The molecule has 0 aromatic carbocycles. The second-order valence-electron chi connectivity index (χ2n) is 24.8. The van der Waals surface area contributed by atoms with Gasteiger partial charge in [0.1, 0.15) is 6.23 Å². The topological polar surface area (TPSA) is 219 Å². The molecule has 1 aromatic heterocycles. The molecule has 1 spiro atoms. The standard InChI is InChI=1S/C55H88N6O7S2/c1-33-41-20-38(29-69-70-30-39(61-19-18-58-32-61)25-51(3,4)42(21-44(33)64)35-12-11-17-52(23-35)15-9-10-16-52)55(68)43-22-45(65)48-40(28-57-5)49(67)46(66)26-54(48,37-13-7-6-8-14-37)47(43)36(24-53(41,55)31-62)27-59-50(56)60-34(2)63/h18-19,22,32-34,36-41,44,46-49,57,62-64,66-68H,6-17,20-21,23-31H2,1-5H3,(H3,56,59,60). The summed E-state index contributed by atoms with van der Waals surface area (Å²) in [4.78, 5) is 25.0. The third-order valence-corrected chi connectivity index (χ3v) is 23.2. The highest BCUT2D eigenvalue weighted by atomic mass is 33.1. The number of nitrogens with zero attached hydrogens (tertiary/aromatic N) is 3. The molecule has 10 N–H and O–H groups in total. The number of hydrogen-bond donors (Lipinski definition) is 9. The predicted molar refractivity (Wildman–Crippen MR) is 279 cm³/mol. The molecule has 8 aliphatic rings. The smallest absolute Gasteiger partial charge is 0.190 e. The third-order valence-electron chi connectivity index (χ3n) is 20.6. The van der Waals surface area contributed by atoms with E-state index < -0.39 is 58.7 Å². The van der Waals surface area contributed by atoms with E-state index in [0.29, 0.717) is 42.5 Å². The quantitative estimate of drug-likeness (QED) is 0.0425. The number of guanidine groups is 1. The Hall–Kier alpha value is -1.95. The average molecular weight is 1010 g/mol. The second kappa shape index (κ2) is 21.0. The van der Waals surface area contributed by atoms with Crippen molar-refractivity contribution in [2.24, 2.45) is 79.7 Å². The number of aliphatic imine (C=N–C) groups is 1. The first-order valence-electron chi connectivity index (χ1n) is 27.4. The van der Waals surface area contributed by atoms with Gasteiger partial charge in [0.25, 0.3) is 0 Å². The Morgan fingerprint density at radius 2 is 1.71 bits per heavy atom. The van der Waals surface area contributed by atoms with E-state index in [1.54, 1.807) is 23.8 Å². The molecule has 0 amide bonds. The molecule has 0 radical (unpaired) electrons. The number of imidazole rings is 1. The van der Waals surface area contributed by atoms with Crippen LogP contribution in [0.15, 0.2) is 46.5 Å². The van der Waals surface area contributed by atoms with Crippen LogP contribution < -0.4 is 16.4 Å². The molecular formula is C55H88N6O7S2. The summed E-state index contributed by atoms with van der Waals surface area (Å²) in [7, 11) is 5.43. The molecule has 1 aliphatic heterocycles. The van der Waals surface area contributed by atoms with Crippen molar-refractivity contribution in [1.82, 2.24) is 20.2 Å². The van der Waals surface area contributed by atoms with Crippen molar-refractivity contribution in [2.75, 3.05) is 38.2 Å². The Morgan fingerprint density at radius 3 is 2.40 bits per heavy atom. The number of hydrogen-bond acceptors (Lipinski definition) is 12. The molecule has 1 saturated heterocycles. The number of ketones is 1. The van der Waals surface area contributed by atoms with Crippen molar-refractivity contribution < 1.29 is 35.4 Å². The maximum absolute atomic E-state index is 15.6. The fraction of sp³-hybridized carbons (Fsp3) is 0.836. The first-order valence-corrected chi connectivity index (χ1v) is 29.9. The molecular weight excluding hydrogens is 921 g/mol. The summed E-state index contributed by atoms with van der Waals surface area (Å²) < 4.78 is 2.26. The number of rotatable bonds is 8. The van der Waals surface area contributed by atoms with Gasteiger partial charge in [0.15, 0.2) is 11.7 Å². The van der Waals surface area contributed by atoms with Crippen molar-refractivity contribution >= 4 is 33.3 Å². The van der Waals surface area contributed by atoms with Crippen LogP contribution >= 0.6 is 21.6 Å². The summed E-state index contributed by atoms with van der Waals surface area (Å²) in [6.45, 7) is 8.74. The minimum Gasteiger partial charge on any atom is -0.396 e. The van der Waals surface area contributed by atoms with Gasteiger partial charge < -0.3 is 51.6 Å². The molecule has 2 bridgehead atoms. The van der Waals surface area contributed by atoms with E-state index in [4.69, 9.17) is 10.7 Å². The number of carbonyl (C=O) groups excluding carboxylic acids is 1. The van der Waals surface area contributed by atoms with Crippen LogP contribution in [-0.2, 0) is 4.79 Å². The van der Waals surface area contributed by atoms with Gasteiger partial charge in [-0.2, -0.15) is 0 Å². The Balaban J connectivity index is 1.21. The molecule has 15 heteroatoms. The van der Waals surface area contributed by atoms with E-state index in [2.05, 4.69) is 47.2 Å². The minimum atomic E-state index is -1.63. The van der Waals surface area contributed by atoms with Crippen LogP contribution in [-0.4, -0.2) is 120 Å². The van der Waals surface area contributed by atoms with Crippen molar-refractivity contribution in [3.63, 3.8) is 0 Å². The number of nitrogens with one attached hydrogen (secondary N) is 2. The normalized spacial score (nSPS) is 43.1. The first-order chi connectivity index (χ1) is 33.4. The van der Waals surface area contributed by atoms with Crippen molar-refractivity contribution in [3.05, 3.63) is 41.5 Å². The number of aromatic nitrogens is 2. The number of carbonyl (C=O) groups is 1. The molecule has 9 rings (SSSR count). The van der Waals surface area contributed by atoms with E-state index >= 15 is 4.79 Å². The predicted octanol–water partition coefficient (Wildman–Crippen LogP) is 6.93. The Bertz CT molecular complexity index is 2090. The number of aliphatic hydroxyl groups is 6. The molecule has 7 fully saturated rings. The molecule has 70 heavy (non-hydrogen) atoms. The maximum Gasteiger partial charge on any atom is 0.190 e. The minimum absolute atomic E-state index is 0.0380. The summed E-state index contributed by atoms with van der Waals surface area (Å²) in [5.41, 5.74) is 6.59. The van der Waals surface area contributed by atoms with Crippen LogP contribution in [0.3, 0.4) is 0 Å². The van der Waals surface area contributed by atoms with Gasteiger partial charge in [-0.15, -0.1) is 0 Å². The van der Waals surface area contributed by atoms with Crippen LogP contribution in [0.4, 0.5) is 0 Å². The lowest BCUT2D eigenvalue weighted by Gasteiger charge is -2.67. The highest BCUT2D eigenvalue weighted by Crippen LogP contribution is 2.74. The fourth-order valence-corrected chi connectivity index (χ4v) is 20.5. The SMILES string of the molecule is CNCC1C(O)C(O)CC2(C3CCCCC3)C3C(=CC(=O)C12)C1(O)C2CSSCC(n4ccnc4)CC(C)(C)C(=C4CCCC5(CCCC5)C4)CC(O)C(C)C(C2)C1(CO)CC3CN=C(N)NC(C)O. The van der Waals surface area contributed by atoms with E-state index in [9.17, 15) is 30.6 Å². The van der Waals surface area contributed by atoms with Gasteiger partial charge in [0.2, 0.25) is 0 Å². The summed E-state index contributed by atoms with van der Waals surface area (Å²) in [5, 5.41) is 80.5. The summed E-state index contributed by atoms with van der Waals surface area (Å²) in [6.07, 6.45) is 20.9. The van der Waals surface area contributed by atoms with Gasteiger partial charge in [0, 0.05) is 66.2 Å². The number of fused-ring (bicyclic) bond motifs is 9. The van der Waals surface area contributed by atoms with Crippen LogP contribution in [0.2, 0.25) is 0 Å². The molecule has 6 saturated carbocycles. The number of allylic oxidation sites excluding steroid dienone is 2. The zero-order valence-corrected chi connectivity index (χ0v) is 44.5. The van der Waals surface area contributed by atoms with Crippen molar-refractivity contribution in [3.8, 4) is 0 Å². The highest BCUT2D eigenvalue weighted by Gasteiger charge is 2.75. The highest BCUT2D eigenvalue weighted by molar-refractivity contribution is 8.76. The summed E-state index contributed by atoms with van der Waals surface area (Å²) in [5.74, 6) is -1.51. The maximum atomic E-state index is 15.6. The zero-order chi connectivity index (χ0) is 49.8. The van der Waals surface area contributed by atoms with Crippen molar-refractivity contribution in [1.29, 1.82) is 0 Å². The summed E-state index contributed by atoms with van der Waals surface area (Å²) in [6, 6.07) is 0.142. The van der Waals surface area contributed by atoms with E-state index in [1.807, 2.05) is 30.4 Å². The molecule has 7 aliphatic carbocycles. The van der Waals surface area contributed by atoms with E-state index in [-0.39, 0.29) is 72.4 Å². The van der Waals surface area contributed by atoms with Gasteiger partial charge in [-0.25, -0.2) is 4.98 Å². The first kappa shape index (κ1) is 52.9. The van der Waals surface area contributed by atoms with Crippen molar-refractivity contribution in [2.45, 2.75) is 179 Å². The van der Waals surface area contributed by atoms with Gasteiger partial charge >= 0.3 is 0 Å². The Morgan fingerprint density at radius 1 is 0.986 bits per heavy atom. The summed E-state index contributed by atoms with van der Waals surface area (Å²) >= 11 is 0. The zero-order valence-electron chi connectivity index (χ0n) is 42.9. The molecule has 13 nitrogen and oxygen atoms in total.